The molecule has 9 nitrogen and oxygen atoms in total. The molecular weight excluding hydrogens is 492 g/mol. The maximum Gasteiger partial charge on any atom is 0.276 e. The summed E-state index contributed by atoms with van der Waals surface area (Å²) in [7, 11) is 0. The van der Waals surface area contributed by atoms with Crippen LogP contribution < -0.4 is 15.4 Å². The van der Waals surface area contributed by atoms with Gasteiger partial charge in [0.05, 0.1) is 23.6 Å². The van der Waals surface area contributed by atoms with Gasteiger partial charge in [-0.05, 0) is 60.9 Å². The largest absolute Gasteiger partial charge is 0.456 e. The van der Waals surface area contributed by atoms with Crippen LogP contribution in [0.15, 0.2) is 85.3 Å². The molecule has 0 saturated heterocycles. The molecular formula is C30H26N6O3. The van der Waals surface area contributed by atoms with Crippen molar-refractivity contribution in [2.45, 2.75) is 31.7 Å². The van der Waals surface area contributed by atoms with Crippen LogP contribution in [0.25, 0.3) is 22.0 Å². The molecule has 1 fully saturated rings. The number of fused-ring (bicyclic) bond motifs is 1. The van der Waals surface area contributed by atoms with Crippen LogP contribution in [0.3, 0.4) is 0 Å². The first-order chi connectivity index (χ1) is 19.1. The maximum absolute atomic E-state index is 13.1. The van der Waals surface area contributed by atoms with Crippen molar-refractivity contribution in [3.8, 4) is 22.6 Å². The first-order valence-corrected chi connectivity index (χ1v) is 12.9. The summed E-state index contributed by atoms with van der Waals surface area (Å²) >= 11 is 0. The number of rotatable bonds is 7. The summed E-state index contributed by atoms with van der Waals surface area (Å²) in [4.78, 5) is 34.1. The van der Waals surface area contributed by atoms with Gasteiger partial charge in [-0.15, -0.1) is 0 Å². The first kappa shape index (κ1) is 24.3. The molecule has 5 aromatic rings. The number of aromatic amines is 1. The Balaban J connectivity index is 1.18. The van der Waals surface area contributed by atoms with Crippen molar-refractivity contribution in [2.24, 2.45) is 0 Å². The van der Waals surface area contributed by atoms with E-state index in [0.29, 0.717) is 22.5 Å². The van der Waals surface area contributed by atoms with E-state index in [-0.39, 0.29) is 23.6 Å². The van der Waals surface area contributed by atoms with E-state index in [9.17, 15) is 9.59 Å². The number of H-pyrrole nitrogens is 1. The number of ether oxygens (including phenoxy) is 1. The number of carbonyl (C=O) groups is 2. The zero-order valence-electron chi connectivity index (χ0n) is 21.1. The van der Waals surface area contributed by atoms with Gasteiger partial charge >= 0.3 is 0 Å². The molecule has 2 aromatic carbocycles. The fraction of sp³-hybridized carbons (Fsp3) is 0.167. The van der Waals surface area contributed by atoms with Crippen molar-refractivity contribution in [3.63, 3.8) is 0 Å². The van der Waals surface area contributed by atoms with E-state index in [1.807, 2.05) is 54.6 Å². The fourth-order valence-corrected chi connectivity index (χ4v) is 4.75. The Morgan fingerprint density at radius 2 is 1.69 bits per heavy atom. The lowest BCUT2D eigenvalue weighted by atomic mass is 10.0. The molecule has 1 aliphatic carbocycles. The monoisotopic (exact) mass is 518 g/mol. The van der Waals surface area contributed by atoms with Gasteiger partial charge in [-0.2, -0.15) is 5.10 Å². The lowest BCUT2D eigenvalue weighted by Gasteiger charge is -2.11. The van der Waals surface area contributed by atoms with Crippen molar-refractivity contribution < 1.29 is 14.3 Å². The zero-order chi connectivity index (χ0) is 26.6. The molecule has 0 spiro atoms. The van der Waals surface area contributed by atoms with Gasteiger partial charge in [-0.3, -0.25) is 19.7 Å². The maximum atomic E-state index is 13.1. The molecule has 1 aliphatic rings. The van der Waals surface area contributed by atoms with Gasteiger partial charge in [0.25, 0.3) is 11.8 Å². The quantitative estimate of drug-likeness (QED) is 0.253. The molecule has 0 bridgehead atoms. The van der Waals surface area contributed by atoms with E-state index >= 15 is 0 Å². The summed E-state index contributed by atoms with van der Waals surface area (Å²) in [6.07, 6.45) is 9.16. The molecule has 0 radical (unpaired) electrons. The predicted molar refractivity (Wildman–Crippen MR) is 148 cm³/mol. The number of aromatic nitrogens is 4. The van der Waals surface area contributed by atoms with Crippen LogP contribution >= 0.6 is 0 Å². The third kappa shape index (κ3) is 5.47. The van der Waals surface area contributed by atoms with Crippen LogP contribution in [0, 0.1) is 0 Å². The molecule has 3 N–H and O–H groups in total. The molecule has 194 valence electrons. The number of para-hydroxylation sites is 1. The summed E-state index contributed by atoms with van der Waals surface area (Å²) in [6.45, 7) is 0. The molecule has 0 aliphatic heterocycles. The molecule has 0 unspecified atom stereocenters. The minimum Gasteiger partial charge on any atom is -0.456 e. The number of nitrogens with one attached hydrogen (secondary N) is 3. The number of amides is 2. The van der Waals surface area contributed by atoms with Crippen molar-refractivity contribution in [2.75, 3.05) is 5.32 Å². The predicted octanol–water partition coefficient (Wildman–Crippen LogP) is 5.74. The standard InChI is InChI=1S/C30H26N6O3/c37-29(33-21-6-4-5-7-21)27-13-11-22(17-32-27)34-30(38)28-25-15-19(10-12-26(25)35-36-28)20-14-24(18-31-16-20)39-23-8-2-1-3-9-23/h1-3,8-18,21H,4-7H2,(H,33,37)(H,34,38)(H,35,36). The normalized spacial score (nSPS) is 13.3. The summed E-state index contributed by atoms with van der Waals surface area (Å²) in [6, 6.07) is 20.6. The smallest absolute Gasteiger partial charge is 0.276 e. The Labute approximate surface area is 224 Å². The van der Waals surface area contributed by atoms with Crippen molar-refractivity contribution in [1.82, 2.24) is 25.5 Å². The van der Waals surface area contributed by atoms with Crippen LogP contribution in [-0.4, -0.2) is 38.0 Å². The Kier molecular flexibility index (Phi) is 6.69. The first-order valence-electron chi connectivity index (χ1n) is 12.9. The van der Waals surface area contributed by atoms with Crippen molar-refractivity contribution in [3.05, 3.63) is 96.7 Å². The van der Waals surface area contributed by atoms with Crippen LogP contribution in [0.4, 0.5) is 5.69 Å². The highest BCUT2D eigenvalue weighted by molar-refractivity contribution is 6.11. The lowest BCUT2D eigenvalue weighted by molar-refractivity contribution is 0.0932. The van der Waals surface area contributed by atoms with Gasteiger partial charge in [0.15, 0.2) is 5.69 Å². The second kappa shape index (κ2) is 10.7. The van der Waals surface area contributed by atoms with Crippen LogP contribution in [0.2, 0.25) is 0 Å². The Morgan fingerprint density at radius 3 is 2.49 bits per heavy atom. The minimum absolute atomic E-state index is 0.196. The summed E-state index contributed by atoms with van der Waals surface area (Å²) < 4.78 is 5.92. The number of hydrogen-bond donors (Lipinski definition) is 3. The van der Waals surface area contributed by atoms with Crippen molar-refractivity contribution >= 4 is 28.4 Å². The molecule has 1 saturated carbocycles. The van der Waals surface area contributed by atoms with E-state index in [4.69, 9.17) is 4.74 Å². The number of benzene rings is 2. The van der Waals surface area contributed by atoms with Gasteiger partial charge in [-0.25, -0.2) is 4.98 Å². The average Bonchev–Trinajstić information content (AvgIpc) is 3.64. The van der Waals surface area contributed by atoms with Crippen LogP contribution in [0.5, 0.6) is 11.5 Å². The van der Waals surface area contributed by atoms with Gasteiger partial charge in [-0.1, -0.05) is 37.1 Å². The van der Waals surface area contributed by atoms with Crippen molar-refractivity contribution in [1.29, 1.82) is 0 Å². The molecule has 3 aromatic heterocycles. The molecule has 39 heavy (non-hydrogen) atoms. The molecule has 3 heterocycles. The second-order valence-corrected chi connectivity index (χ2v) is 9.50. The Morgan fingerprint density at radius 1 is 0.846 bits per heavy atom. The molecule has 9 heteroatoms. The highest BCUT2D eigenvalue weighted by Crippen LogP contribution is 2.29. The van der Waals surface area contributed by atoms with Gasteiger partial charge in [0, 0.05) is 23.2 Å². The van der Waals surface area contributed by atoms with E-state index in [1.165, 1.54) is 6.20 Å². The number of pyridine rings is 2. The van der Waals surface area contributed by atoms with Crippen LogP contribution in [0.1, 0.15) is 46.7 Å². The van der Waals surface area contributed by atoms with E-state index in [1.54, 1.807) is 24.5 Å². The minimum atomic E-state index is -0.386. The van der Waals surface area contributed by atoms with Gasteiger partial charge in [0.2, 0.25) is 0 Å². The third-order valence-corrected chi connectivity index (χ3v) is 6.75. The number of hydrogen-bond acceptors (Lipinski definition) is 6. The number of nitrogens with zero attached hydrogens (tertiary/aromatic N) is 3. The second-order valence-electron chi connectivity index (χ2n) is 9.50. The third-order valence-electron chi connectivity index (χ3n) is 6.75. The average molecular weight is 519 g/mol. The Hall–Kier alpha value is -5.05. The molecule has 2 amide bonds. The van der Waals surface area contributed by atoms with Crippen LogP contribution in [-0.2, 0) is 0 Å². The summed E-state index contributed by atoms with van der Waals surface area (Å²) in [5, 5.41) is 13.7. The fourth-order valence-electron chi connectivity index (χ4n) is 4.75. The van der Waals surface area contributed by atoms with E-state index in [2.05, 4.69) is 30.8 Å². The van der Waals surface area contributed by atoms with E-state index in [0.717, 1.165) is 48.1 Å². The highest BCUT2D eigenvalue weighted by atomic mass is 16.5. The number of carbonyl (C=O) groups excluding carboxylic acids is 2. The molecule has 0 atom stereocenters. The van der Waals surface area contributed by atoms with Gasteiger partial charge in [0.1, 0.15) is 17.2 Å². The van der Waals surface area contributed by atoms with E-state index < -0.39 is 0 Å². The summed E-state index contributed by atoms with van der Waals surface area (Å²) in [5.41, 5.74) is 3.48. The number of anilines is 1. The van der Waals surface area contributed by atoms with Gasteiger partial charge < -0.3 is 15.4 Å². The topological polar surface area (TPSA) is 122 Å². The summed E-state index contributed by atoms with van der Waals surface area (Å²) in [5.74, 6) is 0.746. The Bertz CT molecular complexity index is 1630. The zero-order valence-corrected chi connectivity index (χ0v) is 21.1. The molecule has 6 rings (SSSR count). The highest BCUT2D eigenvalue weighted by Gasteiger charge is 2.19. The lowest BCUT2D eigenvalue weighted by Crippen LogP contribution is -2.33. The SMILES string of the molecule is O=C(NC1CCCC1)c1ccc(NC(=O)c2n[nH]c3ccc(-c4cncc(Oc5ccccc5)c4)cc23)cn1.